The van der Waals surface area contributed by atoms with Crippen molar-refractivity contribution >= 4 is 23.7 Å². The van der Waals surface area contributed by atoms with Crippen LogP contribution < -0.4 is 5.32 Å². The number of nitrogens with one attached hydrogen (secondary N) is 1. The van der Waals surface area contributed by atoms with Crippen molar-refractivity contribution in [3.63, 3.8) is 0 Å². The molecule has 0 saturated heterocycles. The van der Waals surface area contributed by atoms with Crippen LogP contribution in [0.5, 0.6) is 0 Å². The first-order chi connectivity index (χ1) is 16.4. The van der Waals surface area contributed by atoms with E-state index in [2.05, 4.69) is 17.4 Å². The van der Waals surface area contributed by atoms with Gasteiger partial charge in [-0.1, -0.05) is 66.2 Å². The maximum absolute atomic E-state index is 12.3. The molecule has 1 aliphatic carbocycles. The van der Waals surface area contributed by atoms with Crippen LogP contribution in [0.1, 0.15) is 45.5 Å². The van der Waals surface area contributed by atoms with Crippen LogP contribution in [-0.2, 0) is 4.74 Å². The van der Waals surface area contributed by atoms with Crippen molar-refractivity contribution in [3.05, 3.63) is 94.0 Å². The topological polar surface area (TPSA) is 116 Å². The summed E-state index contributed by atoms with van der Waals surface area (Å²) in [5.74, 6) is -1.33. The molecule has 8 heteroatoms. The molecule has 0 saturated carbocycles. The molecule has 4 rings (SSSR count). The van der Waals surface area contributed by atoms with Gasteiger partial charge in [0.2, 0.25) is 0 Å². The average Bonchev–Trinajstić information content (AvgIpc) is 3.15. The van der Waals surface area contributed by atoms with E-state index < -0.39 is 24.3 Å². The zero-order valence-corrected chi connectivity index (χ0v) is 18.9. The van der Waals surface area contributed by atoms with E-state index in [9.17, 15) is 24.9 Å². The molecule has 176 valence electrons. The Morgan fingerprint density at radius 1 is 0.941 bits per heavy atom. The Hall–Kier alpha value is -3.39. The van der Waals surface area contributed by atoms with E-state index in [1.54, 1.807) is 0 Å². The fourth-order valence-electron chi connectivity index (χ4n) is 4.35. The zero-order chi connectivity index (χ0) is 24.2. The zero-order valence-electron chi connectivity index (χ0n) is 18.1. The summed E-state index contributed by atoms with van der Waals surface area (Å²) in [6.45, 7) is 0.175. The number of ether oxygens (including phenoxy) is 1. The van der Waals surface area contributed by atoms with E-state index in [4.69, 9.17) is 16.3 Å². The molecule has 0 aliphatic heterocycles. The van der Waals surface area contributed by atoms with Crippen LogP contribution in [0, 0.1) is 0 Å². The molecular formula is C26H24ClNO6. The highest BCUT2D eigenvalue weighted by Crippen LogP contribution is 2.44. The smallest absolute Gasteiger partial charge is 0.407 e. The SMILES string of the molecule is O=C(NCCC(O)C(O)c1c(Cl)cccc1C(=O)O)OCC1c2ccccc2-c2ccccc21. The third kappa shape index (κ3) is 4.77. The average molecular weight is 482 g/mol. The van der Waals surface area contributed by atoms with Crippen LogP contribution >= 0.6 is 11.6 Å². The Balaban J connectivity index is 1.31. The number of halogens is 1. The second-order valence-corrected chi connectivity index (χ2v) is 8.47. The third-order valence-corrected chi connectivity index (χ3v) is 6.33. The van der Waals surface area contributed by atoms with E-state index >= 15 is 0 Å². The van der Waals surface area contributed by atoms with Crippen LogP contribution in [0.2, 0.25) is 5.02 Å². The van der Waals surface area contributed by atoms with Crippen LogP contribution in [0.4, 0.5) is 4.79 Å². The first-order valence-corrected chi connectivity index (χ1v) is 11.2. The molecule has 4 N–H and O–H groups in total. The summed E-state index contributed by atoms with van der Waals surface area (Å²) >= 11 is 6.05. The highest BCUT2D eigenvalue weighted by molar-refractivity contribution is 6.31. The summed E-state index contributed by atoms with van der Waals surface area (Å²) < 4.78 is 5.44. The van der Waals surface area contributed by atoms with Crippen molar-refractivity contribution in [2.45, 2.75) is 24.5 Å². The largest absolute Gasteiger partial charge is 0.478 e. The van der Waals surface area contributed by atoms with Crippen molar-refractivity contribution in [2.24, 2.45) is 0 Å². The lowest BCUT2D eigenvalue weighted by Gasteiger charge is -2.21. The Morgan fingerprint density at radius 2 is 1.56 bits per heavy atom. The highest BCUT2D eigenvalue weighted by Gasteiger charge is 2.29. The monoisotopic (exact) mass is 481 g/mol. The fourth-order valence-corrected chi connectivity index (χ4v) is 4.63. The lowest BCUT2D eigenvalue weighted by molar-refractivity contribution is 0.0128. The number of hydrogen-bond donors (Lipinski definition) is 4. The number of rotatable bonds is 8. The van der Waals surface area contributed by atoms with Gasteiger partial charge in [0.25, 0.3) is 0 Å². The molecule has 3 aromatic rings. The van der Waals surface area contributed by atoms with Gasteiger partial charge in [0, 0.05) is 23.0 Å². The van der Waals surface area contributed by atoms with E-state index in [1.807, 2.05) is 36.4 Å². The number of benzene rings is 3. The van der Waals surface area contributed by atoms with Crippen LogP contribution in [0.15, 0.2) is 66.7 Å². The molecule has 0 bridgehead atoms. The van der Waals surface area contributed by atoms with Gasteiger partial charge in [0.05, 0.1) is 11.7 Å². The number of fused-ring (bicyclic) bond motifs is 3. The lowest BCUT2D eigenvalue weighted by atomic mass is 9.97. The number of amides is 1. The van der Waals surface area contributed by atoms with Crippen molar-refractivity contribution < 1.29 is 29.6 Å². The van der Waals surface area contributed by atoms with Gasteiger partial charge in [-0.25, -0.2) is 9.59 Å². The van der Waals surface area contributed by atoms with Crippen LogP contribution in [0.25, 0.3) is 11.1 Å². The molecule has 0 spiro atoms. The minimum absolute atomic E-state index is 0.0156. The predicted octanol–water partition coefficient (Wildman–Crippen LogP) is 4.36. The molecule has 34 heavy (non-hydrogen) atoms. The molecule has 0 aromatic heterocycles. The number of aliphatic hydroxyl groups excluding tert-OH is 2. The second kappa shape index (κ2) is 10.3. The Kier molecular flexibility index (Phi) is 7.17. The molecule has 2 atom stereocenters. The van der Waals surface area contributed by atoms with Gasteiger partial charge in [0.1, 0.15) is 12.7 Å². The highest BCUT2D eigenvalue weighted by atomic mass is 35.5. The molecule has 2 unspecified atom stereocenters. The number of alkyl carbamates (subject to hydrolysis) is 1. The van der Waals surface area contributed by atoms with Crippen molar-refractivity contribution in [2.75, 3.05) is 13.2 Å². The van der Waals surface area contributed by atoms with Gasteiger partial charge in [-0.15, -0.1) is 0 Å². The van der Waals surface area contributed by atoms with E-state index in [0.717, 1.165) is 22.3 Å². The Bertz CT molecular complexity index is 1170. The quantitative estimate of drug-likeness (QED) is 0.380. The molecule has 0 radical (unpaired) electrons. The van der Waals surface area contributed by atoms with Crippen LogP contribution in [-0.4, -0.2) is 46.6 Å². The summed E-state index contributed by atoms with van der Waals surface area (Å²) in [4.78, 5) is 23.7. The van der Waals surface area contributed by atoms with E-state index in [0.29, 0.717) is 0 Å². The van der Waals surface area contributed by atoms with Gasteiger partial charge < -0.3 is 25.4 Å². The molecule has 1 aliphatic rings. The summed E-state index contributed by atoms with van der Waals surface area (Å²) in [6.07, 6.45) is -3.54. The predicted molar refractivity (Wildman–Crippen MR) is 127 cm³/mol. The molecule has 0 fully saturated rings. The van der Waals surface area contributed by atoms with Gasteiger partial charge in [-0.2, -0.15) is 0 Å². The summed E-state index contributed by atoms with van der Waals surface area (Å²) in [5.41, 5.74) is 4.20. The number of aliphatic hydroxyl groups is 2. The van der Waals surface area contributed by atoms with Gasteiger partial charge >= 0.3 is 12.1 Å². The molecule has 7 nitrogen and oxygen atoms in total. The number of carboxylic acid groups (broad SMARTS) is 1. The number of aromatic carboxylic acids is 1. The number of hydrogen-bond acceptors (Lipinski definition) is 5. The minimum Gasteiger partial charge on any atom is -0.478 e. The lowest BCUT2D eigenvalue weighted by Crippen LogP contribution is -2.31. The van der Waals surface area contributed by atoms with Gasteiger partial charge in [-0.3, -0.25) is 0 Å². The Morgan fingerprint density at radius 3 is 2.18 bits per heavy atom. The normalized spacial score (nSPS) is 14.1. The molecular weight excluding hydrogens is 458 g/mol. The number of carbonyl (C=O) groups is 2. The maximum Gasteiger partial charge on any atom is 0.407 e. The van der Waals surface area contributed by atoms with Crippen molar-refractivity contribution in [1.82, 2.24) is 5.32 Å². The number of carbonyl (C=O) groups excluding carboxylic acids is 1. The summed E-state index contributed by atoms with van der Waals surface area (Å²) in [5, 5.41) is 32.7. The maximum atomic E-state index is 12.3. The number of carboxylic acids is 1. The standard InChI is InChI=1S/C26H24ClNO6/c27-21-11-5-10-19(25(31)32)23(21)24(30)22(29)12-13-28-26(33)34-14-20-17-8-3-1-6-15(17)16-7-2-4-9-18(16)20/h1-11,20,22,24,29-30H,12-14H2,(H,28,33)(H,31,32). The second-order valence-electron chi connectivity index (χ2n) is 8.06. The molecule has 1 amide bonds. The van der Waals surface area contributed by atoms with Crippen LogP contribution in [0.3, 0.4) is 0 Å². The summed E-state index contributed by atoms with van der Waals surface area (Å²) in [6, 6.07) is 20.2. The minimum atomic E-state index is -1.52. The van der Waals surface area contributed by atoms with E-state index in [-0.39, 0.29) is 41.6 Å². The van der Waals surface area contributed by atoms with E-state index in [1.165, 1.54) is 18.2 Å². The van der Waals surface area contributed by atoms with Gasteiger partial charge in [-0.05, 0) is 40.8 Å². The molecule has 0 heterocycles. The molecule has 3 aromatic carbocycles. The Labute approximate surface area is 201 Å². The fraction of sp³-hybridized carbons (Fsp3) is 0.231. The van der Waals surface area contributed by atoms with Crippen molar-refractivity contribution in [3.8, 4) is 11.1 Å². The first-order valence-electron chi connectivity index (χ1n) is 10.8. The summed E-state index contributed by atoms with van der Waals surface area (Å²) in [7, 11) is 0. The van der Waals surface area contributed by atoms with Crippen molar-refractivity contribution in [1.29, 1.82) is 0 Å². The third-order valence-electron chi connectivity index (χ3n) is 6.00. The first kappa shape index (κ1) is 23.8. The van der Waals surface area contributed by atoms with Gasteiger partial charge in [0.15, 0.2) is 0 Å².